The number of hydrogen-bond acceptors (Lipinski definition) is 6. The average molecular weight is 413 g/mol. The molecule has 0 aliphatic carbocycles. The molecule has 0 spiro atoms. The number of nitrogens with zero attached hydrogens (tertiary/aromatic N) is 1. The molecule has 2 rings (SSSR count). The summed E-state index contributed by atoms with van der Waals surface area (Å²) in [5, 5.41) is 13.6. The Morgan fingerprint density at radius 3 is 2.10 bits per heavy atom. The summed E-state index contributed by atoms with van der Waals surface area (Å²) in [6, 6.07) is 7.60. The van der Waals surface area contributed by atoms with Crippen molar-refractivity contribution in [3.05, 3.63) is 52.1 Å². The van der Waals surface area contributed by atoms with Crippen molar-refractivity contribution in [2.75, 3.05) is 18.5 Å². The Morgan fingerprint density at radius 1 is 0.966 bits per heavy atom. The van der Waals surface area contributed by atoms with Gasteiger partial charge in [0.2, 0.25) is 0 Å². The number of esters is 1. The van der Waals surface area contributed by atoms with Gasteiger partial charge < -0.3 is 14.8 Å². The van der Waals surface area contributed by atoms with Crippen molar-refractivity contribution in [2.24, 2.45) is 0 Å². The molecule has 152 valence electrons. The molecule has 2 aromatic carbocycles. The van der Waals surface area contributed by atoms with E-state index in [1.54, 1.807) is 0 Å². The van der Waals surface area contributed by atoms with Gasteiger partial charge in [-0.1, -0.05) is 17.7 Å². The molecule has 29 heavy (non-hydrogen) atoms. The lowest BCUT2D eigenvalue weighted by Crippen LogP contribution is -2.24. The smallest absolute Gasteiger partial charge is 0.344 e. The highest BCUT2D eigenvalue weighted by atomic mass is 32.2. The number of aryl methyl sites for hydroxylation is 5. The zero-order valence-electron chi connectivity index (χ0n) is 17.2. The van der Waals surface area contributed by atoms with Crippen molar-refractivity contribution < 1.29 is 19.1 Å². The van der Waals surface area contributed by atoms with E-state index in [-0.39, 0.29) is 6.61 Å². The number of nitriles is 1. The number of amides is 1. The summed E-state index contributed by atoms with van der Waals surface area (Å²) < 4.78 is 10.6. The fraction of sp³-hybridized carbons (Fsp3) is 0.318. The number of rotatable bonds is 7. The SMILES string of the molecule is Cc1cc(C)c(OCC(=O)OCC(=O)Nc2c(C)cc(SC#N)cc2C)c(C)c1. The summed E-state index contributed by atoms with van der Waals surface area (Å²) in [6.07, 6.45) is 0. The highest BCUT2D eigenvalue weighted by Gasteiger charge is 2.13. The molecule has 1 amide bonds. The first kappa shape index (κ1) is 22.3. The molecule has 0 bridgehead atoms. The van der Waals surface area contributed by atoms with E-state index in [1.165, 1.54) is 0 Å². The van der Waals surface area contributed by atoms with Crippen LogP contribution in [0.25, 0.3) is 0 Å². The van der Waals surface area contributed by atoms with Gasteiger partial charge in [-0.05, 0) is 80.8 Å². The maximum atomic E-state index is 12.2. The van der Waals surface area contributed by atoms with Crippen molar-refractivity contribution in [1.29, 1.82) is 5.26 Å². The number of ether oxygens (including phenoxy) is 2. The predicted octanol–water partition coefficient (Wildman–Crippen LogP) is 4.36. The van der Waals surface area contributed by atoms with Gasteiger partial charge in [0.25, 0.3) is 5.91 Å². The van der Waals surface area contributed by atoms with Crippen LogP contribution in [0.1, 0.15) is 27.8 Å². The van der Waals surface area contributed by atoms with Gasteiger partial charge >= 0.3 is 5.97 Å². The molecular weight excluding hydrogens is 388 g/mol. The Bertz CT molecular complexity index is 933. The third-order valence-electron chi connectivity index (χ3n) is 4.24. The summed E-state index contributed by atoms with van der Waals surface area (Å²) in [5.74, 6) is -0.403. The average Bonchev–Trinajstić information content (AvgIpc) is 2.62. The maximum absolute atomic E-state index is 12.2. The third kappa shape index (κ3) is 6.26. The van der Waals surface area contributed by atoms with E-state index < -0.39 is 18.5 Å². The Hall–Kier alpha value is -2.98. The fourth-order valence-electron chi connectivity index (χ4n) is 3.12. The van der Waals surface area contributed by atoms with Crippen LogP contribution in [0.5, 0.6) is 5.75 Å². The third-order valence-corrected chi connectivity index (χ3v) is 4.80. The van der Waals surface area contributed by atoms with Crippen LogP contribution >= 0.6 is 11.8 Å². The molecule has 0 radical (unpaired) electrons. The Labute approximate surface area is 175 Å². The number of anilines is 1. The molecule has 7 heteroatoms. The van der Waals surface area contributed by atoms with Gasteiger partial charge in [0.15, 0.2) is 13.2 Å². The molecule has 0 saturated heterocycles. The van der Waals surface area contributed by atoms with Gasteiger partial charge in [0.1, 0.15) is 11.2 Å². The van der Waals surface area contributed by atoms with Crippen LogP contribution < -0.4 is 10.1 Å². The molecule has 0 unspecified atom stereocenters. The minimum absolute atomic E-state index is 0.268. The lowest BCUT2D eigenvalue weighted by molar-refractivity contribution is -0.149. The first-order valence-corrected chi connectivity index (χ1v) is 9.86. The standard InChI is InChI=1S/C22H24N2O4S/c1-13-6-16(4)22(17(5)7-13)28-11-20(26)27-10-19(25)24-21-14(2)8-18(29-12-23)9-15(21)3/h6-9H,10-11H2,1-5H3,(H,24,25). The highest BCUT2D eigenvalue weighted by Crippen LogP contribution is 2.27. The van der Waals surface area contributed by atoms with Crippen molar-refractivity contribution in [3.8, 4) is 11.2 Å². The van der Waals surface area contributed by atoms with Crippen LogP contribution in [0.15, 0.2) is 29.2 Å². The molecule has 1 N–H and O–H groups in total. The van der Waals surface area contributed by atoms with Crippen LogP contribution in [-0.4, -0.2) is 25.1 Å². The van der Waals surface area contributed by atoms with Crippen LogP contribution in [0.2, 0.25) is 0 Å². The van der Waals surface area contributed by atoms with Crippen molar-refractivity contribution in [3.63, 3.8) is 0 Å². The molecule has 0 atom stereocenters. The lowest BCUT2D eigenvalue weighted by Gasteiger charge is -2.14. The predicted molar refractivity (Wildman–Crippen MR) is 113 cm³/mol. The summed E-state index contributed by atoms with van der Waals surface area (Å²) in [5.41, 5.74) is 5.31. The Balaban J connectivity index is 1.88. The lowest BCUT2D eigenvalue weighted by atomic mass is 10.1. The Morgan fingerprint density at radius 2 is 1.55 bits per heavy atom. The number of hydrogen-bond donors (Lipinski definition) is 1. The summed E-state index contributed by atoms with van der Waals surface area (Å²) in [7, 11) is 0. The maximum Gasteiger partial charge on any atom is 0.344 e. The molecule has 6 nitrogen and oxygen atoms in total. The summed E-state index contributed by atoms with van der Waals surface area (Å²) in [4.78, 5) is 24.9. The minimum atomic E-state index is -0.617. The normalized spacial score (nSPS) is 10.2. The molecule has 0 aliphatic rings. The molecule has 0 aromatic heterocycles. The molecule has 0 saturated carbocycles. The topological polar surface area (TPSA) is 88.4 Å². The number of thiocyanates is 1. The van der Waals surface area contributed by atoms with E-state index in [4.69, 9.17) is 14.7 Å². The van der Waals surface area contributed by atoms with E-state index in [0.717, 1.165) is 44.5 Å². The van der Waals surface area contributed by atoms with E-state index in [1.807, 2.05) is 64.3 Å². The van der Waals surface area contributed by atoms with Crippen LogP contribution in [0, 0.1) is 45.3 Å². The highest BCUT2D eigenvalue weighted by molar-refractivity contribution is 8.03. The van der Waals surface area contributed by atoms with E-state index in [0.29, 0.717) is 11.4 Å². The number of thioether (sulfide) groups is 1. The van der Waals surface area contributed by atoms with Crippen LogP contribution in [0.4, 0.5) is 5.69 Å². The number of benzene rings is 2. The molecule has 0 heterocycles. The van der Waals surface area contributed by atoms with Crippen molar-refractivity contribution in [1.82, 2.24) is 0 Å². The van der Waals surface area contributed by atoms with Gasteiger partial charge in [-0.2, -0.15) is 5.26 Å². The zero-order valence-corrected chi connectivity index (χ0v) is 18.0. The van der Waals surface area contributed by atoms with Gasteiger partial charge in [-0.25, -0.2) is 4.79 Å². The Kier molecular flexibility index (Phi) is 7.68. The quantitative estimate of drug-likeness (QED) is 0.413. The first-order valence-electron chi connectivity index (χ1n) is 9.04. The second-order valence-electron chi connectivity index (χ2n) is 6.85. The van der Waals surface area contributed by atoms with Gasteiger partial charge in [0, 0.05) is 10.6 Å². The number of nitrogens with one attached hydrogen (secondary N) is 1. The largest absolute Gasteiger partial charge is 0.481 e. The van der Waals surface area contributed by atoms with Crippen LogP contribution in [-0.2, 0) is 14.3 Å². The second-order valence-corrected chi connectivity index (χ2v) is 7.71. The molecule has 0 fully saturated rings. The van der Waals surface area contributed by atoms with Crippen LogP contribution in [0.3, 0.4) is 0 Å². The summed E-state index contributed by atoms with van der Waals surface area (Å²) in [6.45, 7) is 8.85. The minimum Gasteiger partial charge on any atom is -0.481 e. The number of carbonyl (C=O) groups is 2. The second kappa shape index (κ2) is 9.99. The van der Waals surface area contributed by atoms with Crippen molar-refractivity contribution >= 4 is 29.3 Å². The van der Waals surface area contributed by atoms with E-state index in [9.17, 15) is 9.59 Å². The number of carbonyl (C=O) groups excluding carboxylic acids is 2. The van der Waals surface area contributed by atoms with Gasteiger partial charge in [-0.15, -0.1) is 0 Å². The zero-order chi connectivity index (χ0) is 21.6. The monoisotopic (exact) mass is 412 g/mol. The molecule has 0 aliphatic heterocycles. The van der Waals surface area contributed by atoms with Gasteiger partial charge in [0.05, 0.1) is 0 Å². The molecule has 2 aromatic rings. The van der Waals surface area contributed by atoms with Gasteiger partial charge in [-0.3, -0.25) is 4.79 Å². The van der Waals surface area contributed by atoms with E-state index >= 15 is 0 Å². The molecular formula is C22H24N2O4S. The van der Waals surface area contributed by atoms with E-state index in [2.05, 4.69) is 5.32 Å². The first-order chi connectivity index (χ1) is 13.7. The fourth-order valence-corrected chi connectivity index (χ4v) is 3.70. The van der Waals surface area contributed by atoms with Crippen molar-refractivity contribution in [2.45, 2.75) is 39.5 Å². The summed E-state index contributed by atoms with van der Waals surface area (Å²) >= 11 is 1.06.